The van der Waals surface area contributed by atoms with Crippen molar-refractivity contribution in [3.8, 4) is 0 Å². The summed E-state index contributed by atoms with van der Waals surface area (Å²) in [6, 6.07) is -0.162. The number of hydrogen-bond acceptors (Lipinski definition) is 3. The first kappa shape index (κ1) is 17.8. The molecule has 1 aliphatic rings. The Morgan fingerprint density at radius 2 is 1.67 bits per heavy atom. The molecular weight excluding hydrogens is 270 g/mol. The molecule has 0 aromatic rings. The van der Waals surface area contributed by atoms with Crippen molar-refractivity contribution in [3.05, 3.63) is 0 Å². The van der Waals surface area contributed by atoms with Gasteiger partial charge in [-0.3, -0.25) is 4.79 Å². The van der Waals surface area contributed by atoms with Crippen LogP contribution in [0.4, 0.5) is 4.79 Å². The number of nitrogens with one attached hydrogen (secondary N) is 2. The Balaban J connectivity index is 2.05. The monoisotopic (exact) mass is 299 g/mol. The highest BCUT2D eigenvalue weighted by molar-refractivity contribution is 5.73. The number of carbonyl (C=O) groups is 2. The lowest BCUT2D eigenvalue weighted by molar-refractivity contribution is -0.137. The van der Waals surface area contributed by atoms with Crippen molar-refractivity contribution in [2.75, 3.05) is 32.7 Å². The summed E-state index contributed by atoms with van der Waals surface area (Å²) in [6.45, 7) is 8.67. The highest BCUT2D eigenvalue weighted by atomic mass is 16.4. The largest absolute Gasteiger partial charge is 0.481 e. The number of likely N-dealkylation sites (tertiary alicyclic amines) is 1. The predicted octanol–water partition coefficient (Wildman–Crippen LogP) is 1.52. The summed E-state index contributed by atoms with van der Waals surface area (Å²) in [6.07, 6.45) is 3.31. The Hall–Kier alpha value is -1.30. The standard InChI is InChI=1S/C15H29N3O3/c1-12(5-6-14(19)20)9-16-15(21)17-10-13(2)11-18-7-3-4-8-18/h12-13H,3-11H2,1-2H3,(H,19,20)(H2,16,17,21). The molecule has 0 saturated carbocycles. The van der Waals surface area contributed by atoms with Crippen LogP contribution in [0.25, 0.3) is 0 Å². The van der Waals surface area contributed by atoms with Crippen molar-refractivity contribution in [2.45, 2.75) is 39.5 Å². The zero-order valence-electron chi connectivity index (χ0n) is 13.2. The molecule has 2 unspecified atom stereocenters. The summed E-state index contributed by atoms with van der Waals surface area (Å²) in [7, 11) is 0. The third-order valence-corrected chi connectivity index (χ3v) is 3.84. The first-order chi connectivity index (χ1) is 9.97. The Morgan fingerprint density at radius 1 is 1.10 bits per heavy atom. The van der Waals surface area contributed by atoms with Crippen LogP contribution in [0.15, 0.2) is 0 Å². The van der Waals surface area contributed by atoms with Gasteiger partial charge in [-0.1, -0.05) is 13.8 Å². The van der Waals surface area contributed by atoms with Gasteiger partial charge in [0.25, 0.3) is 0 Å². The van der Waals surface area contributed by atoms with Crippen LogP contribution in [0.1, 0.15) is 39.5 Å². The molecule has 0 aliphatic carbocycles. The number of carbonyl (C=O) groups excluding carboxylic acids is 1. The summed E-state index contributed by atoms with van der Waals surface area (Å²) < 4.78 is 0. The molecule has 1 aliphatic heterocycles. The molecule has 0 spiro atoms. The Labute approximate surface area is 127 Å². The number of aliphatic carboxylic acids is 1. The van der Waals surface area contributed by atoms with Crippen LogP contribution in [-0.2, 0) is 4.79 Å². The molecule has 122 valence electrons. The second-order valence-electron chi connectivity index (χ2n) is 6.24. The van der Waals surface area contributed by atoms with Crippen molar-refractivity contribution in [2.24, 2.45) is 11.8 Å². The van der Waals surface area contributed by atoms with E-state index in [1.165, 1.54) is 25.9 Å². The smallest absolute Gasteiger partial charge is 0.314 e. The zero-order chi connectivity index (χ0) is 15.7. The predicted molar refractivity (Wildman–Crippen MR) is 82.3 cm³/mol. The van der Waals surface area contributed by atoms with Crippen molar-refractivity contribution >= 4 is 12.0 Å². The van der Waals surface area contributed by atoms with E-state index in [9.17, 15) is 9.59 Å². The molecule has 0 aromatic carbocycles. The van der Waals surface area contributed by atoms with E-state index in [2.05, 4.69) is 22.5 Å². The number of carboxylic acid groups (broad SMARTS) is 1. The van der Waals surface area contributed by atoms with Crippen molar-refractivity contribution in [1.82, 2.24) is 15.5 Å². The van der Waals surface area contributed by atoms with Gasteiger partial charge < -0.3 is 20.6 Å². The number of rotatable bonds is 9. The first-order valence-electron chi connectivity index (χ1n) is 7.93. The van der Waals surface area contributed by atoms with Gasteiger partial charge in [0.05, 0.1) is 0 Å². The van der Waals surface area contributed by atoms with Gasteiger partial charge in [0.1, 0.15) is 0 Å². The van der Waals surface area contributed by atoms with Crippen LogP contribution < -0.4 is 10.6 Å². The molecule has 0 radical (unpaired) electrons. The molecule has 2 atom stereocenters. The minimum absolute atomic E-state index is 0.150. The van der Waals surface area contributed by atoms with Gasteiger partial charge >= 0.3 is 12.0 Å². The highest BCUT2D eigenvalue weighted by Crippen LogP contribution is 2.09. The van der Waals surface area contributed by atoms with Crippen molar-refractivity contribution < 1.29 is 14.7 Å². The van der Waals surface area contributed by atoms with Gasteiger partial charge in [0.15, 0.2) is 0 Å². The summed E-state index contributed by atoms with van der Waals surface area (Å²) in [5.74, 6) is -0.172. The molecule has 2 amide bonds. The number of urea groups is 1. The molecule has 1 saturated heterocycles. The molecule has 21 heavy (non-hydrogen) atoms. The summed E-state index contributed by atoms with van der Waals surface area (Å²) in [5.41, 5.74) is 0. The third-order valence-electron chi connectivity index (χ3n) is 3.84. The Morgan fingerprint density at radius 3 is 2.24 bits per heavy atom. The molecule has 6 nitrogen and oxygen atoms in total. The lowest BCUT2D eigenvalue weighted by atomic mass is 10.1. The van der Waals surface area contributed by atoms with Crippen LogP contribution in [0, 0.1) is 11.8 Å². The minimum atomic E-state index is -0.790. The quantitative estimate of drug-likeness (QED) is 0.603. The van der Waals surface area contributed by atoms with Gasteiger partial charge in [-0.15, -0.1) is 0 Å². The molecule has 1 fully saturated rings. The SMILES string of the molecule is CC(CCC(=O)O)CNC(=O)NCC(C)CN1CCCC1. The van der Waals surface area contributed by atoms with Crippen LogP contribution in [0.5, 0.6) is 0 Å². The zero-order valence-corrected chi connectivity index (χ0v) is 13.2. The van der Waals surface area contributed by atoms with E-state index >= 15 is 0 Å². The van der Waals surface area contributed by atoms with Gasteiger partial charge in [0, 0.05) is 26.1 Å². The van der Waals surface area contributed by atoms with Crippen molar-refractivity contribution in [3.63, 3.8) is 0 Å². The number of nitrogens with zero attached hydrogens (tertiary/aromatic N) is 1. The number of amides is 2. The van der Waals surface area contributed by atoms with E-state index in [-0.39, 0.29) is 18.4 Å². The van der Waals surface area contributed by atoms with Gasteiger partial charge in [-0.25, -0.2) is 4.79 Å². The van der Waals surface area contributed by atoms with Crippen LogP contribution in [-0.4, -0.2) is 54.7 Å². The fraction of sp³-hybridized carbons (Fsp3) is 0.867. The van der Waals surface area contributed by atoms with Crippen LogP contribution in [0.3, 0.4) is 0 Å². The van der Waals surface area contributed by atoms with E-state index in [1.807, 2.05) is 6.92 Å². The molecule has 1 rings (SSSR count). The normalized spacial score (nSPS) is 18.2. The lowest BCUT2D eigenvalue weighted by Crippen LogP contribution is -2.41. The fourth-order valence-corrected chi connectivity index (χ4v) is 2.54. The van der Waals surface area contributed by atoms with Gasteiger partial charge in [0.2, 0.25) is 0 Å². The Bertz CT molecular complexity index is 330. The van der Waals surface area contributed by atoms with E-state index < -0.39 is 5.97 Å². The molecule has 3 N–H and O–H groups in total. The summed E-state index contributed by atoms with van der Waals surface area (Å²) >= 11 is 0. The second kappa shape index (κ2) is 9.60. The van der Waals surface area contributed by atoms with E-state index in [0.29, 0.717) is 25.4 Å². The number of carboxylic acids is 1. The maximum atomic E-state index is 11.7. The first-order valence-corrected chi connectivity index (χ1v) is 7.93. The maximum absolute atomic E-state index is 11.7. The average molecular weight is 299 g/mol. The summed E-state index contributed by atoms with van der Waals surface area (Å²) in [4.78, 5) is 24.6. The Kier molecular flexibility index (Phi) is 8.12. The molecule has 0 bridgehead atoms. The molecule has 1 heterocycles. The van der Waals surface area contributed by atoms with E-state index in [0.717, 1.165) is 6.54 Å². The van der Waals surface area contributed by atoms with Crippen molar-refractivity contribution in [1.29, 1.82) is 0 Å². The third kappa shape index (κ3) is 8.55. The van der Waals surface area contributed by atoms with Gasteiger partial charge in [-0.05, 0) is 44.2 Å². The van der Waals surface area contributed by atoms with Crippen LogP contribution >= 0.6 is 0 Å². The van der Waals surface area contributed by atoms with Crippen LogP contribution in [0.2, 0.25) is 0 Å². The molecule has 0 aromatic heterocycles. The minimum Gasteiger partial charge on any atom is -0.481 e. The fourth-order valence-electron chi connectivity index (χ4n) is 2.54. The van der Waals surface area contributed by atoms with Gasteiger partial charge in [-0.2, -0.15) is 0 Å². The maximum Gasteiger partial charge on any atom is 0.314 e. The topological polar surface area (TPSA) is 81.7 Å². The molecular formula is C15H29N3O3. The highest BCUT2D eigenvalue weighted by Gasteiger charge is 2.15. The van der Waals surface area contributed by atoms with E-state index in [1.54, 1.807) is 0 Å². The number of hydrogen-bond donors (Lipinski definition) is 3. The van der Waals surface area contributed by atoms with E-state index in [4.69, 9.17) is 5.11 Å². The average Bonchev–Trinajstić information content (AvgIpc) is 2.93. The molecule has 6 heteroatoms. The second-order valence-corrected chi connectivity index (χ2v) is 6.24. The lowest BCUT2D eigenvalue weighted by Gasteiger charge is -2.20. The summed E-state index contributed by atoms with van der Waals surface area (Å²) in [5, 5.41) is 14.3.